The van der Waals surface area contributed by atoms with Gasteiger partial charge in [-0.25, -0.2) is 0 Å². The molecule has 1 aliphatic heterocycles. The molecule has 35 heavy (non-hydrogen) atoms. The molecule has 1 aliphatic rings. The average molecular weight is 491 g/mol. The van der Waals surface area contributed by atoms with Gasteiger partial charge in [-0.1, -0.05) is 37.1 Å². The third-order valence-electron chi connectivity index (χ3n) is 7.46. The summed E-state index contributed by atoms with van der Waals surface area (Å²) in [5.74, 6) is 0.00918. The van der Waals surface area contributed by atoms with Gasteiger partial charge in [0.1, 0.15) is 5.84 Å². The number of aromatic nitrogens is 1. The van der Waals surface area contributed by atoms with Gasteiger partial charge < -0.3 is 10.3 Å². The normalized spacial score (nSPS) is 18.7. The van der Waals surface area contributed by atoms with Crippen LogP contribution in [0.4, 0.5) is 0 Å². The van der Waals surface area contributed by atoms with Crippen LogP contribution in [0.15, 0.2) is 58.2 Å². The van der Waals surface area contributed by atoms with Gasteiger partial charge in [0, 0.05) is 34.7 Å². The minimum atomic E-state index is 0.00918. The Labute approximate surface area is 213 Å². The average Bonchev–Trinajstić information content (AvgIpc) is 2.86. The zero-order valence-electron chi connectivity index (χ0n) is 21.2. The Balaban J connectivity index is 1.58. The fourth-order valence-corrected chi connectivity index (χ4v) is 5.85. The van der Waals surface area contributed by atoms with Gasteiger partial charge in [-0.05, 0) is 87.5 Å². The molecular weight excluding hydrogens is 452 g/mol. The van der Waals surface area contributed by atoms with E-state index in [2.05, 4.69) is 43.2 Å². The highest BCUT2D eigenvalue weighted by Crippen LogP contribution is 2.26. The van der Waals surface area contributed by atoms with Crippen LogP contribution in [0.1, 0.15) is 57.9 Å². The molecule has 0 saturated carbocycles. The summed E-state index contributed by atoms with van der Waals surface area (Å²) >= 11 is 1.69. The summed E-state index contributed by atoms with van der Waals surface area (Å²) in [4.78, 5) is 17.5. The minimum Gasteiger partial charge on any atom is -0.384 e. The second-order valence-electron chi connectivity index (χ2n) is 9.86. The highest BCUT2D eigenvalue weighted by atomic mass is 32.2. The number of thioether (sulfide) groups is 1. The van der Waals surface area contributed by atoms with E-state index in [1.807, 2.05) is 28.8 Å². The van der Waals surface area contributed by atoms with Gasteiger partial charge >= 0.3 is 0 Å². The van der Waals surface area contributed by atoms with Crippen LogP contribution in [-0.2, 0) is 6.54 Å². The Morgan fingerprint density at radius 3 is 2.49 bits per heavy atom. The Hall–Kier alpha value is -2.57. The van der Waals surface area contributed by atoms with Crippen LogP contribution in [0.25, 0.3) is 22.0 Å². The highest BCUT2D eigenvalue weighted by Gasteiger charge is 2.23. The smallest absolute Gasteiger partial charge is 0.258 e. The third kappa shape index (κ3) is 5.81. The first kappa shape index (κ1) is 25.5. The van der Waals surface area contributed by atoms with Gasteiger partial charge in [-0.3, -0.25) is 15.1 Å². The maximum atomic E-state index is 13.7. The topological polar surface area (TPSA) is 75.1 Å². The Kier molecular flexibility index (Phi) is 8.34. The van der Waals surface area contributed by atoms with E-state index in [9.17, 15) is 4.79 Å². The molecule has 3 N–H and O–H groups in total. The van der Waals surface area contributed by atoms with Crippen LogP contribution < -0.4 is 11.3 Å². The summed E-state index contributed by atoms with van der Waals surface area (Å²) in [6.45, 7) is 6.57. The highest BCUT2D eigenvalue weighted by molar-refractivity contribution is 7.98. The van der Waals surface area contributed by atoms with Crippen molar-refractivity contribution in [2.24, 2.45) is 5.73 Å². The van der Waals surface area contributed by atoms with Gasteiger partial charge in [0.05, 0.1) is 5.52 Å². The van der Waals surface area contributed by atoms with Crippen LogP contribution in [0.3, 0.4) is 0 Å². The maximum Gasteiger partial charge on any atom is 0.258 e. The van der Waals surface area contributed by atoms with E-state index < -0.39 is 0 Å². The lowest BCUT2D eigenvalue weighted by Crippen LogP contribution is -2.44. The van der Waals surface area contributed by atoms with E-state index in [0.717, 1.165) is 47.2 Å². The van der Waals surface area contributed by atoms with Crippen molar-refractivity contribution < 1.29 is 0 Å². The largest absolute Gasteiger partial charge is 0.384 e. The summed E-state index contributed by atoms with van der Waals surface area (Å²) < 4.78 is 1.96. The lowest BCUT2D eigenvalue weighted by molar-refractivity contribution is 0.101. The molecule has 6 heteroatoms. The number of hydrogen-bond donors (Lipinski definition) is 2. The molecule has 0 spiro atoms. The van der Waals surface area contributed by atoms with Crippen molar-refractivity contribution in [2.45, 2.75) is 75.9 Å². The lowest BCUT2D eigenvalue weighted by atomic mass is 9.97. The lowest BCUT2D eigenvalue weighted by Gasteiger charge is -2.39. The summed E-state index contributed by atoms with van der Waals surface area (Å²) in [5.41, 5.74) is 8.82. The standard InChI is InChI=1S/C29H38N4OS/c1-20-9-7-10-21(2)32(20)15-5-4-6-16-33-27-19-25(35-3)14-13-23(27)18-26(29(33)34)22-11-8-12-24(17-22)28(30)31/h8,11-14,17-21H,4-7,9-10,15-16H2,1-3H3,(H3,30,31)/t20-,21+. The van der Waals surface area contributed by atoms with Crippen LogP contribution >= 0.6 is 11.8 Å². The van der Waals surface area contributed by atoms with E-state index in [-0.39, 0.29) is 11.4 Å². The van der Waals surface area contributed by atoms with Gasteiger partial charge in [0.2, 0.25) is 0 Å². The number of aryl methyl sites for hydroxylation is 1. The molecule has 0 amide bonds. The fourth-order valence-electron chi connectivity index (χ4n) is 5.42. The minimum absolute atomic E-state index is 0.00918. The summed E-state index contributed by atoms with van der Waals surface area (Å²) in [6.07, 6.45) is 9.27. The molecule has 5 nitrogen and oxygen atoms in total. The molecule has 2 atom stereocenters. The molecule has 0 unspecified atom stereocenters. The predicted molar refractivity (Wildman–Crippen MR) is 150 cm³/mol. The molecule has 186 valence electrons. The van der Waals surface area contributed by atoms with Crippen LogP contribution in [0.2, 0.25) is 0 Å². The number of nitrogens with zero attached hydrogens (tertiary/aromatic N) is 2. The number of piperidine rings is 1. The SMILES string of the molecule is CSc1ccc2cc(-c3cccc(C(=N)N)c3)c(=O)n(CCCCCN3[C@H](C)CCC[C@@H]3C)c2c1. The number of unbranched alkanes of at least 4 members (excludes halogenated alkanes) is 2. The van der Waals surface area contributed by atoms with E-state index in [4.69, 9.17) is 11.1 Å². The van der Waals surface area contributed by atoms with E-state index in [1.54, 1.807) is 17.8 Å². The molecule has 2 aromatic carbocycles. The number of nitrogens with two attached hydrogens (primary N) is 1. The number of fused-ring (bicyclic) bond motifs is 1. The monoisotopic (exact) mass is 490 g/mol. The summed E-state index contributed by atoms with van der Waals surface area (Å²) in [6, 6.07) is 17.1. The van der Waals surface area contributed by atoms with Gasteiger partial charge in [0.15, 0.2) is 0 Å². The van der Waals surface area contributed by atoms with E-state index in [1.165, 1.54) is 19.3 Å². The number of benzene rings is 2. The zero-order chi connectivity index (χ0) is 24.9. The summed E-state index contributed by atoms with van der Waals surface area (Å²) in [5, 5.41) is 8.84. The van der Waals surface area contributed by atoms with E-state index in [0.29, 0.717) is 29.8 Å². The second-order valence-corrected chi connectivity index (χ2v) is 10.7. The Morgan fingerprint density at radius 2 is 1.77 bits per heavy atom. The zero-order valence-corrected chi connectivity index (χ0v) is 22.0. The van der Waals surface area contributed by atoms with Gasteiger partial charge in [-0.15, -0.1) is 11.8 Å². The number of likely N-dealkylation sites (tertiary alicyclic amines) is 1. The molecule has 4 rings (SSSR count). The first-order valence-electron chi connectivity index (χ1n) is 12.8. The molecule has 1 aromatic heterocycles. The van der Waals surface area contributed by atoms with E-state index >= 15 is 0 Å². The quantitative estimate of drug-likeness (QED) is 0.164. The second kappa shape index (κ2) is 11.4. The van der Waals surface area contributed by atoms with Gasteiger partial charge in [0.25, 0.3) is 5.56 Å². The van der Waals surface area contributed by atoms with Crippen molar-refractivity contribution in [3.8, 4) is 11.1 Å². The number of hydrogen-bond acceptors (Lipinski definition) is 4. The molecule has 0 aliphatic carbocycles. The van der Waals surface area contributed by atoms with Crippen molar-refractivity contribution in [1.82, 2.24) is 9.47 Å². The molecule has 1 saturated heterocycles. The summed E-state index contributed by atoms with van der Waals surface area (Å²) in [7, 11) is 0. The molecule has 0 radical (unpaired) electrons. The first-order valence-corrected chi connectivity index (χ1v) is 14.0. The third-order valence-corrected chi connectivity index (χ3v) is 8.19. The molecule has 1 fully saturated rings. The predicted octanol–water partition coefficient (Wildman–Crippen LogP) is 6.11. The molecule has 2 heterocycles. The van der Waals surface area contributed by atoms with Crippen LogP contribution in [0.5, 0.6) is 0 Å². The Bertz CT molecular complexity index is 1240. The van der Waals surface area contributed by atoms with Crippen molar-refractivity contribution >= 4 is 28.5 Å². The maximum absolute atomic E-state index is 13.7. The van der Waals surface area contributed by atoms with Crippen LogP contribution in [-0.4, -0.2) is 40.2 Å². The fraction of sp³-hybridized carbons (Fsp3) is 0.448. The number of nitrogens with one attached hydrogen (secondary N) is 1. The molecule has 0 bridgehead atoms. The van der Waals surface area contributed by atoms with Crippen LogP contribution in [0, 0.1) is 5.41 Å². The number of amidine groups is 1. The van der Waals surface area contributed by atoms with Crippen molar-refractivity contribution in [3.63, 3.8) is 0 Å². The molecular formula is C29H38N4OS. The number of rotatable bonds is 9. The van der Waals surface area contributed by atoms with Gasteiger partial charge in [-0.2, -0.15) is 0 Å². The molecule has 3 aromatic rings. The first-order chi connectivity index (χ1) is 16.9. The van der Waals surface area contributed by atoms with Crippen molar-refractivity contribution in [1.29, 1.82) is 5.41 Å². The van der Waals surface area contributed by atoms with Crippen molar-refractivity contribution in [2.75, 3.05) is 12.8 Å². The Morgan fingerprint density at radius 1 is 1.03 bits per heavy atom. The number of nitrogen functional groups attached to an aromatic ring is 1. The van der Waals surface area contributed by atoms with Crippen molar-refractivity contribution in [3.05, 3.63) is 64.4 Å². The number of pyridine rings is 1.